The number of amides is 1. The number of nitrogens with zero attached hydrogens (tertiary/aromatic N) is 1. The Kier molecular flexibility index (Phi) is 7.46. The lowest BCUT2D eigenvalue weighted by atomic mass is 10.0. The van der Waals surface area contributed by atoms with E-state index in [9.17, 15) is 14.4 Å². The molecule has 4 aromatic rings. The minimum Gasteiger partial charge on any atom is -0.462 e. The molecule has 4 rings (SSSR count). The molecule has 0 bridgehead atoms. The van der Waals surface area contributed by atoms with Crippen molar-refractivity contribution in [1.29, 1.82) is 0 Å². The molecule has 0 aliphatic carbocycles. The molecule has 1 N–H and O–H groups in total. The largest absolute Gasteiger partial charge is 0.462 e. The normalized spacial score (nSPS) is 11.0. The number of hydrogen-bond acceptors (Lipinski definition) is 8. The summed E-state index contributed by atoms with van der Waals surface area (Å²) in [5.41, 5.74) is 2.61. The highest BCUT2D eigenvalue weighted by atomic mass is 32.1. The molecule has 0 unspecified atom stereocenters. The van der Waals surface area contributed by atoms with Crippen LogP contribution in [0.2, 0.25) is 0 Å². The number of aromatic nitrogens is 1. The number of thiazole rings is 1. The van der Waals surface area contributed by atoms with Crippen LogP contribution in [-0.4, -0.2) is 36.0 Å². The predicted octanol–water partition coefficient (Wildman–Crippen LogP) is 5.40. The van der Waals surface area contributed by atoms with Crippen LogP contribution in [0.25, 0.3) is 27.4 Å². The molecule has 1 amide bonds. The first-order valence-electron chi connectivity index (χ1n) is 10.4. The highest BCUT2D eigenvalue weighted by Crippen LogP contribution is 2.36. The maximum absolute atomic E-state index is 12.6. The van der Waals surface area contributed by atoms with E-state index in [1.807, 2.05) is 54.6 Å². The number of carbonyl (C=O) groups excluding carboxylic acids is 3. The Labute approximate surface area is 203 Å². The van der Waals surface area contributed by atoms with Gasteiger partial charge in [-0.15, -0.1) is 22.7 Å². The second-order valence-electron chi connectivity index (χ2n) is 6.95. The molecule has 2 aromatic heterocycles. The van der Waals surface area contributed by atoms with Crippen molar-refractivity contribution in [3.05, 3.63) is 76.6 Å². The maximum Gasteiger partial charge on any atom is 0.341 e. The van der Waals surface area contributed by atoms with Gasteiger partial charge in [0.25, 0.3) is 5.91 Å². The molecular weight excluding hydrogens is 472 g/mol. The summed E-state index contributed by atoms with van der Waals surface area (Å²) in [7, 11) is 0. The van der Waals surface area contributed by atoms with Crippen molar-refractivity contribution in [1.82, 2.24) is 4.98 Å². The lowest BCUT2D eigenvalue weighted by Crippen LogP contribution is -2.21. The molecule has 0 fully saturated rings. The number of benzene rings is 2. The number of ether oxygens (including phenoxy) is 2. The van der Waals surface area contributed by atoms with Gasteiger partial charge in [-0.1, -0.05) is 42.5 Å². The third-order valence-corrected chi connectivity index (χ3v) is 6.52. The molecule has 9 heteroatoms. The van der Waals surface area contributed by atoms with Gasteiger partial charge in [0.15, 0.2) is 6.61 Å². The molecule has 2 heterocycles. The van der Waals surface area contributed by atoms with Crippen molar-refractivity contribution < 1.29 is 23.9 Å². The van der Waals surface area contributed by atoms with Crippen LogP contribution in [-0.2, 0) is 19.1 Å². The molecule has 0 spiro atoms. The molecule has 172 valence electrons. The van der Waals surface area contributed by atoms with Gasteiger partial charge in [0.1, 0.15) is 15.6 Å². The molecular formula is C25H20N2O5S2. The highest BCUT2D eigenvalue weighted by molar-refractivity contribution is 7.19. The number of rotatable bonds is 8. The zero-order chi connectivity index (χ0) is 23.9. The first-order valence-corrected chi connectivity index (χ1v) is 12.1. The Morgan fingerprint density at radius 2 is 1.79 bits per heavy atom. The zero-order valence-corrected chi connectivity index (χ0v) is 19.8. The fourth-order valence-electron chi connectivity index (χ4n) is 3.13. The van der Waals surface area contributed by atoms with Crippen LogP contribution in [0.5, 0.6) is 0 Å². The summed E-state index contributed by atoms with van der Waals surface area (Å²) in [4.78, 5) is 41.5. The summed E-state index contributed by atoms with van der Waals surface area (Å²) in [6.45, 7) is 1.42. The molecule has 0 radical (unpaired) electrons. The van der Waals surface area contributed by atoms with E-state index in [4.69, 9.17) is 9.47 Å². The second-order valence-corrected chi connectivity index (χ2v) is 8.89. The fourth-order valence-corrected chi connectivity index (χ4v) is 4.98. The average Bonchev–Trinajstić information content (AvgIpc) is 3.46. The Balaban J connectivity index is 1.40. The maximum atomic E-state index is 12.6. The van der Waals surface area contributed by atoms with Crippen molar-refractivity contribution in [2.24, 2.45) is 0 Å². The summed E-state index contributed by atoms with van der Waals surface area (Å²) in [6.07, 6.45) is 2.78. The second kappa shape index (κ2) is 10.9. The summed E-state index contributed by atoms with van der Waals surface area (Å²) in [5.74, 6) is -1.77. The average molecular weight is 493 g/mol. The Bertz CT molecular complexity index is 1330. The van der Waals surface area contributed by atoms with Gasteiger partial charge < -0.3 is 14.8 Å². The van der Waals surface area contributed by atoms with Crippen molar-refractivity contribution in [3.8, 4) is 11.1 Å². The Hall–Kier alpha value is -3.82. The van der Waals surface area contributed by atoms with E-state index in [-0.39, 0.29) is 12.2 Å². The third-order valence-electron chi connectivity index (χ3n) is 4.63. The van der Waals surface area contributed by atoms with Crippen LogP contribution in [0, 0.1) is 0 Å². The van der Waals surface area contributed by atoms with Gasteiger partial charge in [0.05, 0.1) is 16.8 Å². The van der Waals surface area contributed by atoms with Crippen LogP contribution in [0.4, 0.5) is 5.00 Å². The smallest absolute Gasteiger partial charge is 0.341 e. The van der Waals surface area contributed by atoms with Gasteiger partial charge in [-0.25, -0.2) is 14.6 Å². The molecule has 7 nitrogen and oxygen atoms in total. The van der Waals surface area contributed by atoms with Crippen molar-refractivity contribution in [2.45, 2.75) is 6.92 Å². The van der Waals surface area contributed by atoms with Crippen molar-refractivity contribution in [2.75, 3.05) is 18.5 Å². The van der Waals surface area contributed by atoms with Crippen LogP contribution in [0.1, 0.15) is 22.3 Å². The molecule has 0 aliphatic heterocycles. The number of carbonyl (C=O) groups is 3. The van der Waals surface area contributed by atoms with E-state index in [1.165, 1.54) is 28.7 Å². The molecule has 34 heavy (non-hydrogen) atoms. The Morgan fingerprint density at radius 1 is 1.03 bits per heavy atom. The number of para-hydroxylation sites is 1. The van der Waals surface area contributed by atoms with Crippen LogP contribution in [0.3, 0.4) is 0 Å². The van der Waals surface area contributed by atoms with Gasteiger partial charge in [0.2, 0.25) is 0 Å². The number of esters is 2. The van der Waals surface area contributed by atoms with E-state index >= 15 is 0 Å². The summed E-state index contributed by atoms with van der Waals surface area (Å²) < 4.78 is 11.2. The standard InChI is InChI=1S/C25H20N2O5S2/c1-2-31-25(30)23-17(16-8-4-3-5-9-16)15-33-24(23)27-20(28)14-32-22(29)13-12-21-26-18-10-6-7-11-19(18)34-21/h3-13,15H,2,14H2,1H3,(H,27,28)/b13-12+. The number of thiophene rings is 1. The predicted molar refractivity (Wildman–Crippen MR) is 134 cm³/mol. The molecule has 0 saturated carbocycles. The van der Waals surface area contributed by atoms with E-state index in [0.717, 1.165) is 15.8 Å². The van der Waals surface area contributed by atoms with Crippen LogP contribution < -0.4 is 5.32 Å². The van der Waals surface area contributed by atoms with Gasteiger partial charge in [-0.3, -0.25) is 4.79 Å². The monoisotopic (exact) mass is 492 g/mol. The number of fused-ring (bicyclic) bond motifs is 1. The number of hydrogen-bond donors (Lipinski definition) is 1. The first kappa shape index (κ1) is 23.3. The minimum atomic E-state index is -0.670. The van der Waals surface area contributed by atoms with E-state index in [1.54, 1.807) is 18.4 Å². The molecule has 0 atom stereocenters. The van der Waals surface area contributed by atoms with Crippen LogP contribution in [0.15, 0.2) is 66.1 Å². The molecule has 0 saturated heterocycles. The van der Waals surface area contributed by atoms with Crippen molar-refractivity contribution in [3.63, 3.8) is 0 Å². The quantitative estimate of drug-likeness (QED) is 0.262. The van der Waals surface area contributed by atoms with Crippen molar-refractivity contribution >= 4 is 61.8 Å². The van der Waals surface area contributed by atoms with E-state index in [0.29, 0.717) is 15.6 Å². The van der Waals surface area contributed by atoms with E-state index in [2.05, 4.69) is 10.3 Å². The minimum absolute atomic E-state index is 0.203. The molecule has 0 aliphatic rings. The summed E-state index contributed by atoms with van der Waals surface area (Å²) >= 11 is 2.65. The lowest BCUT2D eigenvalue weighted by Gasteiger charge is -2.09. The SMILES string of the molecule is CCOC(=O)c1c(-c2ccccc2)csc1NC(=O)COC(=O)/C=C/c1nc2ccccc2s1. The van der Waals surface area contributed by atoms with Gasteiger partial charge in [-0.05, 0) is 30.7 Å². The first-order chi connectivity index (χ1) is 16.5. The third kappa shape index (κ3) is 5.56. The Morgan fingerprint density at radius 3 is 2.56 bits per heavy atom. The number of nitrogens with one attached hydrogen (secondary N) is 1. The van der Waals surface area contributed by atoms with Gasteiger partial charge in [-0.2, -0.15) is 0 Å². The topological polar surface area (TPSA) is 94.6 Å². The van der Waals surface area contributed by atoms with Gasteiger partial charge in [0, 0.05) is 17.0 Å². The summed E-state index contributed by atoms with van der Waals surface area (Å²) in [6, 6.07) is 17.0. The van der Waals surface area contributed by atoms with Gasteiger partial charge >= 0.3 is 11.9 Å². The van der Waals surface area contributed by atoms with E-state index < -0.39 is 24.5 Å². The summed E-state index contributed by atoms with van der Waals surface area (Å²) in [5, 5.41) is 5.43. The fraction of sp³-hybridized carbons (Fsp3) is 0.120. The highest BCUT2D eigenvalue weighted by Gasteiger charge is 2.23. The molecule has 2 aromatic carbocycles. The number of anilines is 1. The lowest BCUT2D eigenvalue weighted by molar-refractivity contribution is -0.142. The zero-order valence-electron chi connectivity index (χ0n) is 18.1. The van der Waals surface area contributed by atoms with Crippen LogP contribution >= 0.6 is 22.7 Å².